The zero-order valence-corrected chi connectivity index (χ0v) is 10.9. The van der Waals surface area contributed by atoms with E-state index in [4.69, 9.17) is 0 Å². The molecule has 1 saturated carbocycles. The molecule has 0 unspecified atom stereocenters. The van der Waals surface area contributed by atoms with Gasteiger partial charge in [0.25, 0.3) is 0 Å². The Morgan fingerprint density at radius 1 is 1.11 bits per heavy atom. The van der Waals surface area contributed by atoms with E-state index in [9.17, 15) is 30.3 Å². The van der Waals surface area contributed by atoms with Crippen molar-refractivity contribution in [1.29, 1.82) is 0 Å². The van der Waals surface area contributed by atoms with Crippen LogP contribution < -0.4 is 0 Å². The van der Waals surface area contributed by atoms with E-state index in [0.29, 0.717) is 5.57 Å². The second kappa shape index (κ2) is 4.03. The van der Waals surface area contributed by atoms with Crippen LogP contribution in [0.5, 0.6) is 0 Å². The highest BCUT2D eigenvalue weighted by molar-refractivity contribution is 5.68. The van der Waals surface area contributed by atoms with Gasteiger partial charge in [0.05, 0.1) is 0 Å². The Kier molecular flexibility index (Phi) is 3.38. The summed E-state index contributed by atoms with van der Waals surface area (Å²) in [5, 5.41) is 50.4. The maximum Gasteiger partial charge on any atom is 0.158 e. The van der Waals surface area contributed by atoms with E-state index in [-0.39, 0.29) is 6.29 Å². The van der Waals surface area contributed by atoms with Crippen molar-refractivity contribution < 1.29 is 30.3 Å². The van der Waals surface area contributed by atoms with Gasteiger partial charge >= 0.3 is 0 Å². The van der Waals surface area contributed by atoms with Gasteiger partial charge in [-0.05, 0) is 19.4 Å². The first-order valence-corrected chi connectivity index (χ1v) is 5.62. The van der Waals surface area contributed by atoms with E-state index in [1.807, 2.05) is 0 Å². The lowest BCUT2D eigenvalue weighted by Gasteiger charge is -2.42. The zero-order valence-electron chi connectivity index (χ0n) is 10.9. The van der Waals surface area contributed by atoms with Gasteiger partial charge in [0.2, 0.25) is 0 Å². The van der Waals surface area contributed by atoms with Crippen molar-refractivity contribution in [2.45, 2.75) is 51.1 Å². The molecule has 104 valence electrons. The molecule has 1 fully saturated rings. The highest BCUT2D eigenvalue weighted by atomic mass is 16.4. The molecule has 1 aliphatic carbocycles. The van der Waals surface area contributed by atoms with Gasteiger partial charge in [-0.1, -0.05) is 13.8 Å². The first kappa shape index (κ1) is 15.1. The number of hydrogen-bond acceptors (Lipinski definition) is 6. The average Bonchev–Trinajstić information content (AvgIpc) is 2.41. The predicted molar refractivity (Wildman–Crippen MR) is 62.8 cm³/mol. The topological polar surface area (TPSA) is 118 Å². The third kappa shape index (κ3) is 1.40. The van der Waals surface area contributed by atoms with Crippen molar-refractivity contribution in [3.63, 3.8) is 0 Å². The van der Waals surface area contributed by atoms with Crippen molar-refractivity contribution >= 4 is 6.29 Å². The lowest BCUT2D eigenvalue weighted by atomic mass is 9.68. The van der Waals surface area contributed by atoms with Crippen LogP contribution in [-0.2, 0) is 4.79 Å². The van der Waals surface area contributed by atoms with Gasteiger partial charge in [-0.25, -0.2) is 0 Å². The fourth-order valence-electron chi connectivity index (χ4n) is 2.55. The minimum atomic E-state index is -2.36. The van der Waals surface area contributed by atoms with E-state index in [0.717, 1.165) is 0 Å². The molecule has 4 atom stereocenters. The second-order valence-electron chi connectivity index (χ2n) is 5.57. The number of carbonyl (C=O) groups is 1. The lowest BCUT2D eigenvalue weighted by molar-refractivity contribution is -0.161. The molecular formula is C12H20O6. The van der Waals surface area contributed by atoms with Crippen molar-refractivity contribution in [2.75, 3.05) is 0 Å². The maximum atomic E-state index is 11.1. The Morgan fingerprint density at radius 2 is 1.56 bits per heavy atom. The molecule has 6 heteroatoms. The van der Waals surface area contributed by atoms with Crippen molar-refractivity contribution in [3.8, 4) is 0 Å². The highest BCUT2D eigenvalue weighted by Gasteiger charge is 2.73. The molecule has 0 bridgehead atoms. The SMILES string of the molecule is CC(C)=C(O)[C@@]1(O)[C@@H](O)[C@H](O)[C@@](O)(C=O)C1(C)C. The Labute approximate surface area is 105 Å². The van der Waals surface area contributed by atoms with Gasteiger partial charge in [-0.15, -0.1) is 0 Å². The Bertz CT molecular complexity index is 397. The van der Waals surface area contributed by atoms with Gasteiger partial charge in [-0.2, -0.15) is 0 Å². The zero-order chi connectivity index (χ0) is 14.5. The Balaban J connectivity index is 3.58. The van der Waals surface area contributed by atoms with E-state index in [1.165, 1.54) is 27.7 Å². The molecule has 1 rings (SSSR count). The molecule has 0 heterocycles. The van der Waals surface area contributed by atoms with Crippen LogP contribution in [0.3, 0.4) is 0 Å². The molecule has 0 amide bonds. The highest BCUT2D eigenvalue weighted by Crippen LogP contribution is 2.55. The summed E-state index contributed by atoms with van der Waals surface area (Å²) in [7, 11) is 0. The van der Waals surface area contributed by atoms with Crippen LogP contribution in [0.25, 0.3) is 0 Å². The minimum absolute atomic E-state index is 0.0805. The summed E-state index contributed by atoms with van der Waals surface area (Å²) < 4.78 is 0. The number of aliphatic hydroxyl groups excluding tert-OH is 3. The van der Waals surface area contributed by atoms with Crippen molar-refractivity contribution in [2.24, 2.45) is 5.41 Å². The van der Waals surface area contributed by atoms with Crippen LogP contribution in [0.4, 0.5) is 0 Å². The first-order valence-electron chi connectivity index (χ1n) is 5.62. The maximum absolute atomic E-state index is 11.1. The monoisotopic (exact) mass is 260 g/mol. The van der Waals surface area contributed by atoms with Crippen LogP contribution in [0.2, 0.25) is 0 Å². The third-order valence-electron chi connectivity index (χ3n) is 4.15. The lowest BCUT2D eigenvalue weighted by Crippen LogP contribution is -2.57. The number of carbonyl (C=O) groups excluding carboxylic acids is 1. The van der Waals surface area contributed by atoms with Crippen LogP contribution >= 0.6 is 0 Å². The predicted octanol–water partition coefficient (Wildman–Crippen LogP) is -0.739. The number of aldehydes is 1. The largest absolute Gasteiger partial charge is 0.509 e. The molecule has 0 aliphatic heterocycles. The molecular weight excluding hydrogens is 240 g/mol. The van der Waals surface area contributed by atoms with Gasteiger partial charge in [0.1, 0.15) is 18.0 Å². The fraction of sp³-hybridized carbons (Fsp3) is 0.750. The summed E-state index contributed by atoms with van der Waals surface area (Å²) in [6.45, 7) is 5.58. The molecule has 0 radical (unpaired) electrons. The molecule has 0 aromatic carbocycles. The van der Waals surface area contributed by atoms with Gasteiger partial charge in [0, 0.05) is 5.41 Å². The Hall–Kier alpha value is -0.950. The molecule has 0 aromatic heterocycles. The van der Waals surface area contributed by atoms with Crippen LogP contribution in [0.15, 0.2) is 11.3 Å². The Morgan fingerprint density at radius 3 is 1.83 bits per heavy atom. The minimum Gasteiger partial charge on any atom is -0.509 e. The van der Waals surface area contributed by atoms with Crippen LogP contribution in [-0.4, -0.2) is 55.2 Å². The van der Waals surface area contributed by atoms with Gasteiger partial charge in [0.15, 0.2) is 17.5 Å². The van der Waals surface area contributed by atoms with Gasteiger partial charge in [-0.3, -0.25) is 0 Å². The number of rotatable bonds is 2. The summed E-state index contributed by atoms with van der Waals surface area (Å²) in [5.74, 6) is -0.558. The van der Waals surface area contributed by atoms with Gasteiger partial charge < -0.3 is 30.3 Å². The normalized spacial score (nSPS) is 42.7. The van der Waals surface area contributed by atoms with E-state index in [2.05, 4.69) is 0 Å². The van der Waals surface area contributed by atoms with Crippen molar-refractivity contribution in [1.82, 2.24) is 0 Å². The summed E-state index contributed by atoms with van der Waals surface area (Å²) in [5.41, 5.74) is -6.01. The molecule has 0 saturated heterocycles. The summed E-state index contributed by atoms with van der Waals surface area (Å²) in [4.78, 5) is 11.1. The molecule has 6 nitrogen and oxygen atoms in total. The van der Waals surface area contributed by atoms with E-state index in [1.54, 1.807) is 0 Å². The van der Waals surface area contributed by atoms with Crippen LogP contribution in [0, 0.1) is 5.41 Å². The van der Waals surface area contributed by atoms with E-state index >= 15 is 0 Å². The average molecular weight is 260 g/mol. The summed E-state index contributed by atoms with van der Waals surface area (Å²) in [6.07, 6.45) is -3.69. The molecule has 18 heavy (non-hydrogen) atoms. The van der Waals surface area contributed by atoms with Crippen molar-refractivity contribution in [3.05, 3.63) is 11.3 Å². The third-order valence-corrected chi connectivity index (χ3v) is 4.15. The summed E-state index contributed by atoms with van der Waals surface area (Å²) >= 11 is 0. The first-order chi connectivity index (χ1) is 7.98. The quantitative estimate of drug-likeness (QED) is 0.330. The number of aliphatic hydroxyl groups is 5. The van der Waals surface area contributed by atoms with Crippen LogP contribution in [0.1, 0.15) is 27.7 Å². The molecule has 0 aromatic rings. The van der Waals surface area contributed by atoms with E-state index < -0.39 is 34.6 Å². The second-order valence-corrected chi connectivity index (χ2v) is 5.57. The molecule has 5 N–H and O–H groups in total. The number of allylic oxidation sites excluding steroid dienone is 1. The fourth-order valence-corrected chi connectivity index (χ4v) is 2.55. The number of hydrogen-bond donors (Lipinski definition) is 5. The smallest absolute Gasteiger partial charge is 0.158 e. The standard InChI is InChI=1S/C12H20O6/c1-6(2)7(14)12(18)9(16)8(15)11(17,5-13)10(12,3)4/h5,8-9,14-18H,1-4H3/t8-,9-,11-,12+/m0/s1. The summed E-state index contributed by atoms with van der Waals surface area (Å²) in [6, 6.07) is 0. The molecule has 0 spiro atoms. The molecule has 1 aliphatic rings.